The normalized spacial score (nSPS) is 17.1. The van der Waals surface area contributed by atoms with Gasteiger partial charge >= 0.3 is 0 Å². The van der Waals surface area contributed by atoms with E-state index in [4.69, 9.17) is 16.3 Å². The van der Waals surface area contributed by atoms with Gasteiger partial charge in [0, 0.05) is 18.6 Å². The van der Waals surface area contributed by atoms with E-state index < -0.39 is 0 Å². The Morgan fingerprint density at radius 1 is 1.26 bits per heavy atom. The molecule has 1 aliphatic heterocycles. The molecule has 0 saturated heterocycles. The van der Waals surface area contributed by atoms with E-state index >= 15 is 0 Å². The Hall–Kier alpha value is -0.580. The molecule has 0 radical (unpaired) electrons. The fraction of sp³-hybridized carbons (Fsp3) is 0.571. The Morgan fingerprint density at radius 3 is 2.53 bits per heavy atom. The number of anilines is 1. The number of hydrogen-bond acceptors (Lipinski definition) is 4. The molecule has 0 N–H and O–H groups in total. The van der Waals surface area contributed by atoms with Crippen LogP contribution in [-0.2, 0) is 0 Å². The second-order valence-electron chi connectivity index (χ2n) is 5.72. The topological polar surface area (TPSA) is 15.7 Å². The molecule has 1 aliphatic rings. The van der Waals surface area contributed by atoms with Crippen molar-refractivity contribution in [3.63, 3.8) is 0 Å². The summed E-state index contributed by atoms with van der Waals surface area (Å²) < 4.78 is 7.57. The lowest BCUT2D eigenvalue weighted by Gasteiger charge is -2.37. The number of likely N-dealkylation sites (N-methyl/N-ethyl adjacent to an activating group) is 1. The van der Waals surface area contributed by atoms with Crippen LogP contribution in [0, 0.1) is 0 Å². The van der Waals surface area contributed by atoms with Gasteiger partial charge in [-0.25, -0.2) is 4.31 Å². The molecular formula is C14H21ClN2OS. The highest BCUT2D eigenvalue weighted by molar-refractivity contribution is 7.97. The first-order chi connectivity index (χ1) is 8.82. The van der Waals surface area contributed by atoms with Gasteiger partial charge in [0.2, 0.25) is 0 Å². The number of halogens is 1. The number of ether oxygens (including phenoxy) is 1. The second-order valence-corrected chi connectivity index (χ2v) is 7.37. The zero-order valence-corrected chi connectivity index (χ0v) is 13.7. The maximum atomic E-state index is 6.29. The molecule has 1 aromatic rings. The molecule has 3 nitrogen and oxygen atoms in total. The summed E-state index contributed by atoms with van der Waals surface area (Å²) in [5.41, 5.74) is 1.26. The van der Waals surface area contributed by atoms with E-state index in [1.165, 1.54) is 10.6 Å². The van der Waals surface area contributed by atoms with E-state index in [-0.39, 0.29) is 5.54 Å². The quantitative estimate of drug-likeness (QED) is 0.731. The van der Waals surface area contributed by atoms with E-state index in [2.05, 4.69) is 37.0 Å². The molecule has 0 spiro atoms. The van der Waals surface area contributed by atoms with Crippen LogP contribution in [0.1, 0.15) is 20.8 Å². The van der Waals surface area contributed by atoms with Crippen molar-refractivity contribution in [2.24, 2.45) is 0 Å². The summed E-state index contributed by atoms with van der Waals surface area (Å²) in [4.78, 5) is 3.60. The molecule has 0 atom stereocenters. The fourth-order valence-corrected chi connectivity index (χ4v) is 3.40. The van der Waals surface area contributed by atoms with Crippen LogP contribution in [0.2, 0.25) is 5.02 Å². The third-order valence-corrected chi connectivity index (χ3v) is 4.54. The Balaban J connectivity index is 2.54. The lowest BCUT2D eigenvalue weighted by molar-refractivity contribution is 0.413. The van der Waals surface area contributed by atoms with Crippen LogP contribution in [0.3, 0.4) is 0 Å². The van der Waals surface area contributed by atoms with Crippen molar-refractivity contribution in [2.45, 2.75) is 31.2 Å². The van der Waals surface area contributed by atoms with Gasteiger partial charge in [0.15, 0.2) is 0 Å². The summed E-state index contributed by atoms with van der Waals surface area (Å²) in [5, 5.41) is 0.667. The Kier molecular flexibility index (Phi) is 4.23. The van der Waals surface area contributed by atoms with Crippen molar-refractivity contribution >= 4 is 29.2 Å². The average molecular weight is 301 g/mol. The number of methoxy groups -OCH3 is 1. The van der Waals surface area contributed by atoms with Gasteiger partial charge in [-0.05, 0) is 51.9 Å². The number of fused-ring (bicyclic) bond motifs is 1. The number of benzene rings is 1. The number of rotatable bonds is 1. The van der Waals surface area contributed by atoms with Crippen LogP contribution in [0.5, 0.6) is 5.75 Å². The van der Waals surface area contributed by atoms with E-state index in [0.29, 0.717) is 5.02 Å². The monoisotopic (exact) mass is 300 g/mol. The van der Waals surface area contributed by atoms with E-state index in [1.54, 1.807) is 19.1 Å². The third-order valence-electron chi connectivity index (χ3n) is 3.23. The van der Waals surface area contributed by atoms with Crippen LogP contribution in [0.4, 0.5) is 5.69 Å². The molecule has 0 unspecified atom stereocenters. The van der Waals surface area contributed by atoms with Gasteiger partial charge in [-0.15, -0.1) is 0 Å². The van der Waals surface area contributed by atoms with Crippen LogP contribution >= 0.6 is 23.5 Å². The molecule has 1 aromatic carbocycles. The number of nitrogens with zero attached hydrogens (tertiary/aromatic N) is 2. The van der Waals surface area contributed by atoms with Crippen LogP contribution in [-0.4, -0.2) is 37.1 Å². The van der Waals surface area contributed by atoms with E-state index in [0.717, 1.165) is 18.8 Å². The zero-order chi connectivity index (χ0) is 14.2. The van der Waals surface area contributed by atoms with Crippen LogP contribution < -0.4 is 9.64 Å². The van der Waals surface area contributed by atoms with Gasteiger partial charge in [-0.1, -0.05) is 11.6 Å². The summed E-state index contributed by atoms with van der Waals surface area (Å²) in [7, 11) is 3.77. The molecule has 0 bridgehead atoms. The third kappa shape index (κ3) is 3.12. The van der Waals surface area contributed by atoms with Crippen LogP contribution in [0.25, 0.3) is 0 Å². The van der Waals surface area contributed by atoms with E-state index in [9.17, 15) is 0 Å². The summed E-state index contributed by atoms with van der Waals surface area (Å²) in [6.45, 7) is 8.68. The van der Waals surface area contributed by atoms with Gasteiger partial charge < -0.3 is 9.64 Å². The lowest BCUT2D eigenvalue weighted by Crippen LogP contribution is -2.43. The van der Waals surface area contributed by atoms with Gasteiger partial charge in [0.25, 0.3) is 0 Å². The van der Waals surface area contributed by atoms with Gasteiger partial charge in [0.1, 0.15) is 5.75 Å². The standard InChI is InChI=1S/C14H21ClN2OS/c1-14(2,3)17-7-6-16(4)19-13-9-12(18-5)10(15)8-11(13)17/h8-9H,6-7H2,1-5H3. The summed E-state index contributed by atoms with van der Waals surface area (Å²) in [5.74, 6) is 0.733. The van der Waals surface area contributed by atoms with Crippen molar-refractivity contribution in [1.29, 1.82) is 0 Å². The minimum atomic E-state index is 0.0679. The molecule has 106 valence electrons. The fourth-order valence-electron chi connectivity index (χ4n) is 2.24. The smallest absolute Gasteiger partial charge is 0.138 e. The van der Waals surface area contributed by atoms with Crippen LogP contribution in [0.15, 0.2) is 17.0 Å². The maximum Gasteiger partial charge on any atom is 0.138 e. The van der Waals surface area contributed by atoms with E-state index in [1.807, 2.05) is 12.1 Å². The number of hydrogen-bond donors (Lipinski definition) is 0. The first-order valence-electron chi connectivity index (χ1n) is 6.37. The first-order valence-corrected chi connectivity index (χ1v) is 7.52. The zero-order valence-electron chi connectivity index (χ0n) is 12.2. The highest BCUT2D eigenvalue weighted by Gasteiger charge is 2.28. The first kappa shape index (κ1) is 14.8. The minimum absolute atomic E-state index is 0.0679. The minimum Gasteiger partial charge on any atom is -0.495 e. The summed E-state index contributed by atoms with van der Waals surface area (Å²) in [6, 6.07) is 4.05. The molecule has 19 heavy (non-hydrogen) atoms. The maximum absolute atomic E-state index is 6.29. The molecule has 0 saturated carbocycles. The molecule has 5 heteroatoms. The van der Waals surface area contributed by atoms with Crippen molar-refractivity contribution in [1.82, 2.24) is 4.31 Å². The van der Waals surface area contributed by atoms with Crippen molar-refractivity contribution in [2.75, 3.05) is 32.1 Å². The lowest BCUT2D eigenvalue weighted by atomic mass is 10.0. The van der Waals surface area contributed by atoms with Crippen molar-refractivity contribution in [3.05, 3.63) is 17.2 Å². The van der Waals surface area contributed by atoms with Gasteiger partial charge in [-0.3, -0.25) is 0 Å². The van der Waals surface area contributed by atoms with Gasteiger partial charge in [0.05, 0.1) is 22.7 Å². The molecule has 2 rings (SSSR count). The Labute approximate surface area is 125 Å². The largest absolute Gasteiger partial charge is 0.495 e. The average Bonchev–Trinajstić information content (AvgIpc) is 2.45. The summed E-state index contributed by atoms with van der Waals surface area (Å²) >= 11 is 8.04. The Bertz CT molecular complexity index is 473. The predicted octanol–water partition coefficient (Wildman–Crippen LogP) is 3.91. The highest BCUT2D eigenvalue weighted by Crippen LogP contribution is 2.42. The molecular weight excluding hydrogens is 280 g/mol. The van der Waals surface area contributed by atoms with Gasteiger partial charge in [-0.2, -0.15) is 0 Å². The second kappa shape index (κ2) is 5.43. The molecule has 1 heterocycles. The van der Waals surface area contributed by atoms with Crippen molar-refractivity contribution in [3.8, 4) is 5.75 Å². The molecule has 0 fully saturated rings. The molecule has 0 aromatic heterocycles. The Morgan fingerprint density at radius 2 is 1.95 bits per heavy atom. The SMILES string of the molecule is COc1cc2c(cc1Cl)N(C(C)(C)C)CCN(C)S2. The predicted molar refractivity (Wildman–Crippen MR) is 83.6 cm³/mol. The molecule has 0 aliphatic carbocycles. The molecule has 0 amide bonds. The van der Waals surface area contributed by atoms with Crippen molar-refractivity contribution < 1.29 is 4.74 Å². The summed E-state index contributed by atoms with van der Waals surface area (Å²) in [6.07, 6.45) is 0. The highest BCUT2D eigenvalue weighted by atomic mass is 35.5.